The fraction of sp³-hybridized carbons (Fsp3) is 0.429. The van der Waals surface area contributed by atoms with Gasteiger partial charge in [0.05, 0.1) is 5.92 Å². The summed E-state index contributed by atoms with van der Waals surface area (Å²) < 4.78 is 12.2. The molecule has 3 N–H and O–H groups in total. The molecule has 0 spiro atoms. The lowest BCUT2D eigenvalue weighted by atomic mass is 10.1. The SMILES string of the molecule is Cc1ccc(CP(=O)(O)CC(CCC(=O)O)C(=O)O)cc1. The smallest absolute Gasteiger partial charge is 0.307 e. The Labute approximate surface area is 122 Å². The summed E-state index contributed by atoms with van der Waals surface area (Å²) in [4.78, 5) is 31.5. The summed E-state index contributed by atoms with van der Waals surface area (Å²) in [5.41, 5.74) is 1.69. The molecule has 0 fully saturated rings. The maximum Gasteiger partial charge on any atom is 0.307 e. The highest BCUT2D eigenvalue weighted by Gasteiger charge is 2.29. The van der Waals surface area contributed by atoms with Crippen molar-refractivity contribution >= 4 is 19.3 Å². The third-order valence-electron chi connectivity index (χ3n) is 3.11. The zero-order chi connectivity index (χ0) is 16.0. The van der Waals surface area contributed by atoms with E-state index in [-0.39, 0.29) is 19.0 Å². The Hall–Kier alpha value is -1.65. The molecule has 0 heterocycles. The van der Waals surface area contributed by atoms with Gasteiger partial charge >= 0.3 is 11.9 Å². The molecule has 0 aliphatic rings. The van der Waals surface area contributed by atoms with E-state index in [4.69, 9.17) is 10.2 Å². The molecule has 1 aromatic rings. The summed E-state index contributed by atoms with van der Waals surface area (Å²) in [6.07, 6.45) is -1.00. The summed E-state index contributed by atoms with van der Waals surface area (Å²) in [6.45, 7) is 1.90. The van der Waals surface area contributed by atoms with Gasteiger partial charge in [0.2, 0.25) is 7.37 Å². The first-order valence-corrected chi connectivity index (χ1v) is 8.53. The molecule has 0 bridgehead atoms. The van der Waals surface area contributed by atoms with Gasteiger partial charge in [-0.2, -0.15) is 0 Å². The molecule has 0 radical (unpaired) electrons. The standard InChI is InChI=1S/C14H19O6P/c1-10-2-4-11(5-3-10)8-21(19,20)9-12(14(17)18)6-7-13(15)16/h2-5,12H,6-9H2,1H3,(H,15,16)(H,17,18)(H,19,20). The molecule has 0 saturated heterocycles. The fourth-order valence-corrected chi connectivity index (χ4v) is 3.92. The third kappa shape index (κ3) is 6.56. The van der Waals surface area contributed by atoms with Crippen LogP contribution in [0.3, 0.4) is 0 Å². The van der Waals surface area contributed by atoms with Gasteiger partial charge in [-0.1, -0.05) is 29.8 Å². The highest BCUT2D eigenvalue weighted by Crippen LogP contribution is 2.46. The zero-order valence-electron chi connectivity index (χ0n) is 11.7. The quantitative estimate of drug-likeness (QED) is 0.635. The highest BCUT2D eigenvalue weighted by atomic mass is 31.2. The topological polar surface area (TPSA) is 112 Å². The van der Waals surface area contributed by atoms with Crippen molar-refractivity contribution in [1.29, 1.82) is 0 Å². The highest BCUT2D eigenvalue weighted by molar-refractivity contribution is 7.57. The molecule has 2 unspecified atom stereocenters. The third-order valence-corrected chi connectivity index (χ3v) is 4.98. The summed E-state index contributed by atoms with van der Waals surface area (Å²) in [6, 6.07) is 7.08. The molecule has 0 aliphatic carbocycles. The monoisotopic (exact) mass is 314 g/mol. The molecule has 0 saturated carbocycles. The Kier molecular flexibility index (Phi) is 6.12. The lowest BCUT2D eigenvalue weighted by Gasteiger charge is -2.17. The first-order valence-electron chi connectivity index (χ1n) is 6.50. The Morgan fingerprint density at radius 1 is 1.19 bits per heavy atom. The van der Waals surface area contributed by atoms with Crippen LogP contribution in [-0.4, -0.2) is 33.2 Å². The van der Waals surface area contributed by atoms with Gasteiger partial charge < -0.3 is 15.1 Å². The van der Waals surface area contributed by atoms with Crippen molar-refractivity contribution in [2.75, 3.05) is 6.16 Å². The van der Waals surface area contributed by atoms with Gasteiger partial charge in [0.25, 0.3) is 0 Å². The second-order valence-electron chi connectivity index (χ2n) is 5.14. The van der Waals surface area contributed by atoms with Crippen LogP contribution in [0.5, 0.6) is 0 Å². The number of aliphatic carboxylic acids is 2. The molecule has 1 rings (SSSR count). The first kappa shape index (κ1) is 17.4. The van der Waals surface area contributed by atoms with Crippen molar-refractivity contribution in [3.63, 3.8) is 0 Å². The second-order valence-corrected chi connectivity index (χ2v) is 7.51. The van der Waals surface area contributed by atoms with Crippen LogP contribution < -0.4 is 0 Å². The van der Waals surface area contributed by atoms with Gasteiger partial charge in [-0.05, 0) is 18.9 Å². The van der Waals surface area contributed by atoms with E-state index in [0.29, 0.717) is 5.56 Å². The van der Waals surface area contributed by atoms with Crippen molar-refractivity contribution in [1.82, 2.24) is 0 Å². The average molecular weight is 314 g/mol. The number of aryl methyl sites for hydroxylation is 1. The summed E-state index contributed by atoms with van der Waals surface area (Å²) in [5.74, 6) is -3.48. The minimum absolute atomic E-state index is 0.107. The molecule has 0 amide bonds. The van der Waals surface area contributed by atoms with Crippen LogP contribution in [0.25, 0.3) is 0 Å². The molecule has 7 heteroatoms. The van der Waals surface area contributed by atoms with Crippen LogP contribution in [0.2, 0.25) is 0 Å². The van der Waals surface area contributed by atoms with E-state index < -0.39 is 31.4 Å². The molecule has 21 heavy (non-hydrogen) atoms. The molecule has 2 atom stereocenters. The predicted octanol–water partition coefficient (Wildman–Crippen LogP) is 2.33. The number of carbonyl (C=O) groups is 2. The molecular formula is C14H19O6P. The van der Waals surface area contributed by atoms with E-state index >= 15 is 0 Å². The predicted molar refractivity (Wildman–Crippen MR) is 77.6 cm³/mol. The number of carboxylic acids is 2. The van der Waals surface area contributed by atoms with Crippen LogP contribution in [-0.2, 0) is 20.3 Å². The Morgan fingerprint density at radius 2 is 1.76 bits per heavy atom. The Bertz CT molecular complexity index is 551. The lowest BCUT2D eigenvalue weighted by molar-refractivity contribution is -0.142. The van der Waals surface area contributed by atoms with Crippen molar-refractivity contribution in [2.45, 2.75) is 25.9 Å². The van der Waals surface area contributed by atoms with Gasteiger partial charge in [0, 0.05) is 18.7 Å². The molecule has 0 aliphatic heterocycles. The van der Waals surface area contributed by atoms with Gasteiger partial charge in [-0.25, -0.2) is 0 Å². The largest absolute Gasteiger partial charge is 0.481 e. The average Bonchev–Trinajstić information content (AvgIpc) is 2.36. The van der Waals surface area contributed by atoms with E-state index in [9.17, 15) is 19.0 Å². The van der Waals surface area contributed by atoms with Gasteiger partial charge in [-0.15, -0.1) is 0 Å². The molecule has 116 valence electrons. The zero-order valence-corrected chi connectivity index (χ0v) is 12.6. The van der Waals surface area contributed by atoms with Crippen molar-refractivity contribution in [3.05, 3.63) is 35.4 Å². The Balaban J connectivity index is 2.71. The van der Waals surface area contributed by atoms with Gasteiger partial charge in [0.1, 0.15) is 0 Å². The number of benzene rings is 1. The van der Waals surface area contributed by atoms with Crippen LogP contribution in [0, 0.1) is 12.8 Å². The maximum absolute atomic E-state index is 12.2. The van der Waals surface area contributed by atoms with E-state index in [1.54, 1.807) is 12.1 Å². The first-order chi connectivity index (χ1) is 9.69. The van der Waals surface area contributed by atoms with Crippen molar-refractivity contribution in [2.24, 2.45) is 5.92 Å². The van der Waals surface area contributed by atoms with Gasteiger partial charge in [-0.3, -0.25) is 14.2 Å². The van der Waals surface area contributed by atoms with Crippen molar-refractivity contribution in [3.8, 4) is 0 Å². The molecule has 1 aromatic carbocycles. The van der Waals surface area contributed by atoms with Crippen LogP contribution in [0.1, 0.15) is 24.0 Å². The molecule has 0 aromatic heterocycles. The normalized spacial score (nSPS) is 15.1. The van der Waals surface area contributed by atoms with E-state index in [0.717, 1.165) is 5.56 Å². The molecule has 6 nitrogen and oxygen atoms in total. The van der Waals surface area contributed by atoms with E-state index in [2.05, 4.69) is 0 Å². The Morgan fingerprint density at radius 3 is 2.24 bits per heavy atom. The molecular weight excluding hydrogens is 295 g/mol. The fourth-order valence-electron chi connectivity index (χ4n) is 1.98. The van der Waals surface area contributed by atoms with Crippen LogP contribution >= 0.6 is 7.37 Å². The van der Waals surface area contributed by atoms with Crippen LogP contribution in [0.4, 0.5) is 0 Å². The lowest BCUT2D eigenvalue weighted by Crippen LogP contribution is -2.19. The summed E-state index contributed by atoms with van der Waals surface area (Å²) in [5, 5.41) is 17.6. The van der Waals surface area contributed by atoms with E-state index in [1.807, 2.05) is 19.1 Å². The van der Waals surface area contributed by atoms with Crippen LogP contribution in [0.15, 0.2) is 24.3 Å². The maximum atomic E-state index is 12.2. The number of hydrogen-bond donors (Lipinski definition) is 3. The van der Waals surface area contributed by atoms with E-state index in [1.165, 1.54) is 0 Å². The van der Waals surface area contributed by atoms with Gasteiger partial charge in [0.15, 0.2) is 0 Å². The number of rotatable bonds is 8. The van der Waals surface area contributed by atoms with Crippen molar-refractivity contribution < 1.29 is 29.3 Å². The summed E-state index contributed by atoms with van der Waals surface area (Å²) >= 11 is 0. The second kappa shape index (κ2) is 7.38. The number of hydrogen-bond acceptors (Lipinski definition) is 3. The number of carboxylic acid groups (broad SMARTS) is 2. The minimum Gasteiger partial charge on any atom is -0.481 e. The minimum atomic E-state index is -3.67. The summed E-state index contributed by atoms with van der Waals surface area (Å²) in [7, 11) is -3.67.